The second-order valence-corrected chi connectivity index (χ2v) is 6.66. The van der Waals surface area contributed by atoms with Crippen LogP contribution in [-0.2, 0) is 16.1 Å². The van der Waals surface area contributed by atoms with Gasteiger partial charge in [0.15, 0.2) is 6.61 Å². The Hall–Kier alpha value is -3.49. The molecule has 9 heteroatoms. The van der Waals surface area contributed by atoms with E-state index in [0.29, 0.717) is 5.56 Å². The lowest BCUT2D eigenvalue weighted by Gasteiger charge is -2.22. The minimum atomic E-state index is -0.842. The maximum atomic E-state index is 13.9. The summed E-state index contributed by atoms with van der Waals surface area (Å²) < 4.78 is 19.0. The van der Waals surface area contributed by atoms with Crippen LogP contribution >= 0.6 is 0 Å². The van der Waals surface area contributed by atoms with Crippen molar-refractivity contribution in [2.45, 2.75) is 25.4 Å². The molecule has 0 heterocycles. The van der Waals surface area contributed by atoms with Crippen molar-refractivity contribution in [2.24, 2.45) is 0 Å². The summed E-state index contributed by atoms with van der Waals surface area (Å²) in [6.07, 6.45) is 1.62. The minimum absolute atomic E-state index is 0.00296. The number of halogens is 1. The molecule has 2 aromatic carbocycles. The van der Waals surface area contributed by atoms with Gasteiger partial charge >= 0.3 is 5.97 Å². The SMILES string of the molecule is CNc1ccc(C(=O)OCC(=O)N(Cc2ccccc2F)C2CC2)cc1[N+](=O)[O-]. The van der Waals surface area contributed by atoms with Crippen LogP contribution in [0.15, 0.2) is 42.5 Å². The third kappa shape index (κ3) is 4.87. The first-order valence-electron chi connectivity index (χ1n) is 9.07. The van der Waals surface area contributed by atoms with Crippen molar-refractivity contribution in [1.29, 1.82) is 0 Å². The van der Waals surface area contributed by atoms with Gasteiger partial charge in [-0.15, -0.1) is 0 Å². The number of benzene rings is 2. The third-order valence-electron chi connectivity index (χ3n) is 4.63. The fourth-order valence-corrected chi connectivity index (χ4v) is 2.93. The largest absolute Gasteiger partial charge is 0.452 e. The molecule has 0 saturated heterocycles. The molecule has 1 amide bonds. The predicted molar refractivity (Wildman–Crippen MR) is 103 cm³/mol. The fourth-order valence-electron chi connectivity index (χ4n) is 2.93. The van der Waals surface area contributed by atoms with E-state index < -0.39 is 29.2 Å². The standard InChI is InChI=1S/C20H20FN3O5/c1-22-17-9-6-13(10-18(17)24(27)28)20(26)29-12-19(25)23(15-7-8-15)11-14-4-2-3-5-16(14)21/h2-6,9-10,15,22H,7-8,11-12H2,1H3. The van der Waals surface area contributed by atoms with E-state index in [4.69, 9.17) is 4.74 Å². The molecule has 0 bridgehead atoms. The van der Waals surface area contributed by atoms with Gasteiger partial charge in [-0.1, -0.05) is 18.2 Å². The van der Waals surface area contributed by atoms with E-state index in [1.165, 1.54) is 30.1 Å². The summed E-state index contributed by atoms with van der Waals surface area (Å²) in [5.74, 6) is -1.68. The summed E-state index contributed by atoms with van der Waals surface area (Å²) in [6, 6.07) is 10.1. The number of nitrogens with one attached hydrogen (secondary N) is 1. The van der Waals surface area contributed by atoms with Crippen LogP contribution in [0.25, 0.3) is 0 Å². The van der Waals surface area contributed by atoms with E-state index in [1.807, 2.05) is 0 Å². The van der Waals surface area contributed by atoms with Crippen LogP contribution in [-0.4, -0.2) is 41.4 Å². The molecule has 1 saturated carbocycles. The molecule has 8 nitrogen and oxygen atoms in total. The first-order valence-corrected chi connectivity index (χ1v) is 9.07. The van der Waals surface area contributed by atoms with Crippen LogP contribution in [0.5, 0.6) is 0 Å². The smallest absolute Gasteiger partial charge is 0.338 e. The zero-order valence-electron chi connectivity index (χ0n) is 15.8. The van der Waals surface area contributed by atoms with Gasteiger partial charge in [0.25, 0.3) is 11.6 Å². The fraction of sp³-hybridized carbons (Fsp3) is 0.300. The number of nitro groups is 1. The van der Waals surface area contributed by atoms with Crippen LogP contribution in [0, 0.1) is 15.9 Å². The summed E-state index contributed by atoms with van der Waals surface area (Å²) in [5, 5.41) is 13.8. The number of hydrogen-bond acceptors (Lipinski definition) is 6. The summed E-state index contributed by atoms with van der Waals surface area (Å²) in [5.41, 5.74) is 0.341. The van der Waals surface area contributed by atoms with Gasteiger partial charge in [-0.25, -0.2) is 9.18 Å². The Balaban J connectivity index is 1.66. The summed E-state index contributed by atoms with van der Waals surface area (Å²) >= 11 is 0. The molecule has 3 rings (SSSR count). The molecule has 1 fully saturated rings. The summed E-state index contributed by atoms with van der Waals surface area (Å²) in [7, 11) is 1.53. The molecule has 0 unspecified atom stereocenters. The molecular formula is C20H20FN3O5. The molecule has 2 aromatic rings. The number of esters is 1. The highest BCUT2D eigenvalue weighted by atomic mass is 19.1. The molecule has 0 aromatic heterocycles. The third-order valence-corrected chi connectivity index (χ3v) is 4.63. The van der Waals surface area contributed by atoms with Crippen molar-refractivity contribution in [3.05, 3.63) is 69.5 Å². The van der Waals surface area contributed by atoms with Gasteiger partial charge in [0.05, 0.1) is 10.5 Å². The maximum Gasteiger partial charge on any atom is 0.338 e. The van der Waals surface area contributed by atoms with Crippen molar-refractivity contribution >= 4 is 23.3 Å². The van der Waals surface area contributed by atoms with Crippen LogP contribution in [0.1, 0.15) is 28.8 Å². The lowest BCUT2D eigenvalue weighted by atomic mass is 10.1. The zero-order chi connectivity index (χ0) is 21.0. The van der Waals surface area contributed by atoms with Crippen molar-refractivity contribution in [2.75, 3.05) is 19.0 Å². The Labute approximate surface area is 166 Å². The molecule has 0 spiro atoms. The maximum absolute atomic E-state index is 13.9. The normalized spacial score (nSPS) is 12.9. The number of ether oxygens (including phenoxy) is 1. The highest BCUT2D eigenvalue weighted by Crippen LogP contribution is 2.29. The number of carbonyl (C=O) groups is 2. The second kappa shape index (κ2) is 8.68. The van der Waals surface area contributed by atoms with Crippen LogP contribution in [0.4, 0.5) is 15.8 Å². The number of amides is 1. The van der Waals surface area contributed by atoms with E-state index in [0.717, 1.165) is 18.9 Å². The van der Waals surface area contributed by atoms with Gasteiger partial charge in [0, 0.05) is 31.3 Å². The minimum Gasteiger partial charge on any atom is -0.452 e. The highest BCUT2D eigenvalue weighted by Gasteiger charge is 2.33. The molecule has 29 heavy (non-hydrogen) atoms. The van der Waals surface area contributed by atoms with Crippen LogP contribution in [0.2, 0.25) is 0 Å². The van der Waals surface area contributed by atoms with Crippen LogP contribution < -0.4 is 5.32 Å². The molecule has 1 aliphatic carbocycles. The van der Waals surface area contributed by atoms with E-state index in [2.05, 4.69) is 5.32 Å². The van der Waals surface area contributed by atoms with Crippen molar-refractivity contribution in [3.8, 4) is 0 Å². The lowest BCUT2D eigenvalue weighted by Crippen LogP contribution is -2.36. The Morgan fingerprint density at radius 3 is 2.62 bits per heavy atom. The molecule has 1 N–H and O–H groups in total. The van der Waals surface area contributed by atoms with Gasteiger partial charge in [-0.3, -0.25) is 14.9 Å². The van der Waals surface area contributed by atoms with E-state index in [9.17, 15) is 24.1 Å². The Kier molecular flexibility index (Phi) is 6.06. The number of anilines is 1. The van der Waals surface area contributed by atoms with Gasteiger partial charge < -0.3 is 15.0 Å². The first kappa shape index (κ1) is 20.2. The highest BCUT2D eigenvalue weighted by molar-refractivity contribution is 5.93. The van der Waals surface area contributed by atoms with E-state index in [1.54, 1.807) is 18.2 Å². The Morgan fingerprint density at radius 1 is 1.28 bits per heavy atom. The van der Waals surface area contributed by atoms with E-state index >= 15 is 0 Å². The van der Waals surface area contributed by atoms with Gasteiger partial charge in [0.1, 0.15) is 11.5 Å². The van der Waals surface area contributed by atoms with Crippen molar-refractivity contribution in [1.82, 2.24) is 4.90 Å². The Morgan fingerprint density at radius 2 is 2.00 bits per heavy atom. The first-order chi connectivity index (χ1) is 13.9. The zero-order valence-corrected chi connectivity index (χ0v) is 15.8. The predicted octanol–water partition coefficient (Wildman–Crippen LogP) is 3.12. The topological polar surface area (TPSA) is 102 Å². The summed E-state index contributed by atoms with van der Waals surface area (Å²) in [6.45, 7) is -0.429. The molecule has 1 aliphatic rings. The average molecular weight is 401 g/mol. The molecule has 0 atom stereocenters. The number of rotatable bonds is 8. The van der Waals surface area contributed by atoms with Gasteiger partial charge in [0.2, 0.25) is 0 Å². The van der Waals surface area contributed by atoms with Crippen molar-refractivity contribution < 1.29 is 23.6 Å². The quantitative estimate of drug-likeness (QED) is 0.414. The molecular weight excluding hydrogens is 381 g/mol. The number of hydrogen-bond donors (Lipinski definition) is 1. The van der Waals surface area contributed by atoms with E-state index in [-0.39, 0.29) is 29.5 Å². The number of nitro benzene ring substituents is 1. The molecule has 0 aliphatic heterocycles. The lowest BCUT2D eigenvalue weighted by molar-refractivity contribution is -0.384. The van der Waals surface area contributed by atoms with Crippen molar-refractivity contribution in [3.63, 3.8) is 0 Å². The van der Waals surface area contributed by atoms with Gasteiger partial charge in [-0.05, 0) is 31.0 Å². The summed E-state index contributed by atoms with van der Waals surface area (Å²) in [4.78, 5) is 36.8. The monoisotopic (exact) mass is 401 g/mol. The number of carbonyl (C=O) groups excluding carboxylic acids is 2. The average Bonchev–Trinajstić information content (AvgIpc) is 3.55. The van der Waals surface area contributed by atoms with Crippen LogP contribution in [0.3, 0.4) is 0 Å². The molecule has 0 radical (unpaired) electrons. The van der Waals surface area contributed by atoms with Gasteiger partial charge in [-0.2, -0.15) is 0 Å². The number of nitrogens with zero attached hydrogens (tertiary/aromatic N) is 2. The Bertz CT molecular complexity index is 945. The molecule has 152 valence electrons. The second-order valence-electron chi connectivity index (χ2n) is 6.66.